The Morgan fingerprint density at radius 2 is 2.05 bits per heavy atom. The van der Waals surface area contributed by atoms with Crippen molar-refractivity contribution in [2.45, 2.75) is 18.9 Å². The molecule has 1 amide bonds. The predicted octanol–water partition coefficient (Wildman–Crippen LogP) is 1.13. The average molecular weight is 296 g/mol. The molecule has 1 aliphatic rings. The molecule has 2 rings (SSSR count). The summed E-state index contributed by atoms with van der Waals surface area (Å²) < 4.78 is 22.8. The fourth-order valence-electron chi connectivity index (χ4n) is 2.33. The third-order valence-corrected chi connectivity index (χ3v) is 5.34. The number of hydrogen-bond donors (Lipinski definition) is 1. The van der Waals surface area contributed by atoms with Gasteiger partial charge in [0, 0.05) is 31.7 Å². The topological polar surface area (TPSA) is 66.5 Å². The molecule has 110 valence electrons. The lowest BCUT2D eigenvalue weighted by atomic mass is 10.2. The SMILES string of the molecule is CN(C(=O)CCNc1ccccc1)C1CCS(=O)(=O)C1. The van der Waals surface area contributed by atoms with Gasteiger partial charge in [-0.15, -0.1) is 0 Å². The molecule has 5 nitrogen and oxygen atoms in total. The highest BCUT2D eigenvalue weighted by atomic mass is 32.2. The third-order valence-electron chi connectivity index (χ3n) is 3.59. The van der Waals surface area contributed by atoms with E-state index in [1.54, 1.807) is 11.9 Å². The van der Waals surface area contributed by atoms with Crippen molar-refractivity contribution >= 4 is 21.4 Å². The first-order valence-electron chi connectivity index (χ1n) is 6.73. The molecule has 0 bridgehead atoms. The molecule has 1 aromatic rings. The minimum atomic E-state index is -2.95. The molecule has 0 spiro atoms. The van der Waals surface area contributed by atoms with Crippen LogP contribution in [0.1, 0.15) is 12.8 Å². The molecule has 1 fully saturated rings. The van der Waals surface area contributed by atoms with Crippen LogP contribution in [-0.2, 0) is 14.6 Å². The molecule has 0 radical (unpaired) electrons. The van der Waals surface area contributed by atoms with Gasteiger partial charge in [0.2, 0.25) is 5.91 Å². The summed E-state index contributed by atoms with van der Waals surface area (Å²) in [6.45, 7) is 0.548. The van der Waals surface area contributed by atoms with Gasteiger partial charge >= 0.3 is 0 Å². The molecule has 0 aliphatic carbocycles. The van der Waals surface area contributed by atoms with E-state index >= 15 is 0 Å². The summed E-state index contributed by atoms with van der Waals surface area (Å²) in [5.74, 6) is 0.273. The van der Waals surface area contributed by atoms with Gasteiger partial charge in [-0.25, -0.2) is 8.42 Å². The van der Waals surface area contributed by atoms with Crippen molar-refractivity contribution in [2.75, 3.05) is 30.4 Å². The lowest BCUT2D eigenvalue weighted by Crippen LogP contribution is -2.38. The Labute approximate surface area is 119 Å². The molecule has 1 heterocycles. The first-order chi connectivity index (χ1) is 9.48. The van der Waals surface area contributed by atoms with E-state index < -0.39 is 9.84 Å². The van der Waals surface area contributed by atoms with Crippen LogP contribution in [0.3, 0.4) is 0 Å². The Bertz CT molecular complexity index is 557. The van der Waals surface area contributed by atoms with Crippen LogP contribution in [-0.4, -0.2) is 50.4 Å². The second kappa shape index (κ2) is 6.26. The third kappa shape index (κ3) is 3.96. The van der Waals surface area contributed by atoms with Gasteiger partial charge in [0.25, 0.3) is 0 Å². The number of nitrogens with zero attached hydrogens (tertiary/aromatic N) is 1. The van der Waals surface area contributed by atoms with E-state index in [9.17, 15) is 13.2 Å². The molecule has 1 atom stereocenters. The van der Waals surface area contributed by atoms with Crippen LogP contribution in [0.4, 0.5) is 5.69 Å². The van der Waals surface area contributed by atoms with Crippen molar-refractivity contribution in [1.82, 2.24) is 4.90 Å². The number of rotatable bonds is 5. The van der Waals surface area contributed by atoms with Crippen LogP contribution >= 0.6 is 0 Å². The van der Waals surface area contributed by atoms with Crippen LogP contribution in [0.5, 0.6) is 0 Å². The van der Waals surface area contributed by atoms with Crippen molar-refractivity contribution < 1.29 is 13.2 Å². The molecule has 0 aromatic heterocycles. The Kier molecular flexibility index (Phi) is 4.65. The second-order valence-corrected chi connectivity index (χ2v) is 7.33. The van der Waals surface area contributed by atoms with Crippen molar-refractivity contribution in [2.24, 2.45) is 0 Å². The quantitative estimate of drug-likeness (QED) is 0.884. The Morgan fingerprint density at radius 1 is 1.35 bits per heavy atom. The summed E-state index contributed by atoms with van der Waals surface area (Å²) in [6.07, 6.45) is 0.915. The summed E-state index contributed by atoms with van der Waals surface area (Å²) >= 11 is 0. The molecule has 1 unspecified atom stereocenters. The van der Waals surface area contributed by atoms with Gasteiger partial charge < -0.3 is 10.2 Å². The highest BCUT2D eigenvalue weighted by Crippen LogP contribution is 2.17. The first-order valence-corrected chi connectivity index (χ1v) is 8.55. The van der Waals surface area contributed by atoms with E-state index in [-0.39, 0.29) is 23.5 Å². The molecule has 1 N–H and O–H groups in total. The smallest absolute Gasteiger partial charge is 0.224 e. The highest BCUT2D eigenvalue weighted by molar-refractivity contribution is 7.91. The van der Waals surface area contributed by atoms with Gasteiger partial charge in [0.1, 0.15) is 0 Å². The van der Waals surface area contributed by atoms with Crippen LogP contribution in [0.2, 0.25) is 0 Å². The van der Waals surface area contributed by atoms with Gasteiger partial charge in [0.15, 0.2) is 9.84 Å². The molecule has 0 saturated carbocycles. The lowest BCUT2D eigenvalue weighted by Gasteiger charge is -2.23. The van der Waals surface area contributed by atoms with Crippen LogP contribution in [0.25, 0.3) is 0 Å². The molecule has 1 saturated heterocycles. The van der Waals surface area contributed by atoms with Gasteiger partial charge in [-0.2, -0.15) is 0 Å². The van der Waals surface area contributed by atoms with Gasteiger partial charge in [-0.05, 0) is 18.6 Å². The van der Waals surface area contributed by atoms with E-state index in [0.29, 0.717) is 19.4 Å². The maximum absolute atomic E-state index is 12.0. The fraction of sp³-hybridized carbons (Fsp3) is 0.500. The van der Waals surface area contributed by atoms with E-state index in [1.165, 1.54) is 0 Å². The number of amides is 1. The van der Waals surface area contributed by atoms with E-state index in [4.69, 9.17) is 0 Å². The average Bonchev–Trinajstić information content (AvgIpc) is 2.79. The standard InChI is InChI=1S/C14H20N2O3S/c1-16(13-8-10-20(18,19)11-13)14(17)7-9-15-12-5-3-2-4-6-12/h2-6,13,15H,7-11H2,1H3. The maximum Gasteiger partial charge on any atom is 0.224 e. The molecule has 1 aromatic carbocycles. The number of anilines is 1. The monoisotopic (exact) mass is 296 g/mol. The Balaban J connectivity index is 1.77. The zero-order valence-corrected chi connectivity index (χ0v) is 12.4. The van der Waals surface area contributed by atoms with Gasteiger partial charge in [-0.3, -0.25) is 4.79 Å². The number of hydrogen-bond acceptors (Lipinski definition) is 4. The molecule has 20 heavy (non-hydrogen) atoms. The number of para-hydroxylation sites is 1. The summed E-state index contributed by atoms with van der Waals surface area (Å²) in [5, 5.41) is 3.17. The van der Waals surface area contributed by atoms with E-state index in [1.807, 2.05) is 30.3 Å². The van der Waals surface area contributed by atoms with E-state index in [2.05, 4.69) is 5.32 Å². The summed E-state index contributed by atoms with van der Waals surface area (Å²) in [5.41, 5.74) is 0.978. The number of sulfone groups is 1. The van der Waals surface area contributed by atoms with Crippen molar-refractivity contribution in [3.63, 3.8) is 0 Å². The zero-order chi connectivity index (χ0) is 14.6. The Hall–Kier alpha value is -1.56. The maximum atomic E-state index is 12.0. The molecule has 1 aliphatic heterocycles. The van der Waals surface area contributed by atoms with Crippen LogP contribution in [0.15, 0.2) is 30.3 Å². The van der Waals surface area contributed by atoms with Crippen molar-refractivity contribution in [1.29, 1.82) is 0 Å². The summed E-state index contributed by atoms with van der Waals surface area (Å²) in [4.78, 5) is 13.6. The second-order valence-electron chi connectivity index (χ2n) is 5.10. The first kappa shape index (κ1) is 14.8. The Morgan fingerprint density at radius 3 is 2.65 bits per heavy atom. The number of carbonyl (C=O) groups is 1. The highest BCUT2D eigenvalue weighted by Gasteiger charge is 2.32. The summed E-state index contributed by atoms with van der Waals surface area (Å²) in [6, 6.07) is 9.52. The van der Waals surface area contributed by atoms with Gasteiger partial charge in [-0.1, -0.05) is 18.2 Å². The van der Waals surface area contributed by atoms with Crippen molar-refractivity contribution in [3.8, 4) is 0 Å². The minimum Gasteiger partial charge on any atom is -0.385 e. The molecular formula is C14H20N2O3S. The lowest BCUT2D eigenvalue weighted by molar-refractivity contribution is -0.131. The zero-order valence-electron chi connectivity index (χ0n) is 11.6. The van der Waals surface area contributed by atoms with Gasteiger partial charge in [0.05, 0.1) is 11.5 Å². The molecular weight excluding hydrogens is 276 g/mol. The largest absolute Gasteiger partial charge is 0.385 e. The molecule has 6 heteroatoms. The number of nitrogens with one attached hydrogen (secondary N) is 1. The normalized spacial score (nSPS) is 20.6. The minimum absolute atomic E-state index is 0.0180. The fourth-order valence-corrected chi connectivity index (χ4v) is 4.10. The van der Waals surface area contributed by atoms with Crippen LogP contribution in [0, 0.1) is 0 Å². The predicted molar refractivity (Wildman–Crippen MR) is 79.4 cm³/mol. The summed E-state index contributed by atoms with van der Waals surface area (Å²) in [7, 11) is -1.26. The van der Waals surface area contributed by atoms with Crippen LogP contribution < -0.4 is 5.32 Å². The number of carbonyl (C=O) groups excluding carboxylic acids is 1. The van der Waals surface area contributed by atoms with Crippen molar-refractivity contribution in [3.05, 3.63) is 30.3 Å². The number of benzene rings is 1. The van der Waals surface area contributed by atoms with E-state index in [0.717, 1.165) is 5.69 Å².